The summed E-state index contributed by atoms with van der Waals surface area (Å²) in [4.78, 5) is 13.1. The van der Waals surface area contributed by atoms with Crippen molar-refractivity contribution in [1.29, 1.82) is 5.26 Å². The predicted octanol–water partition coefficient (Wildman–Crippen LogP) is 1.66. The topological polar surface area (TPSA) is 56.1 Å². The lowest BCUT2D eigenvalue weighted by molar-refractivity contribution is -0.129. The van der Waals surface area contributed by atoms with E-state index < -0.39 is 0 Å². The number of carbonyl (C=O) groups excluding carboxylic acids is 1. The zero-order valence-electron chi connectivity index (χ0n) is 11.2. The second-order valence-electron chi connectivity index (χ2n) is 4.97. The first-order valence-corrected chi connectivity index (χ1v) is 6.67. The minimum absolute atomic E-state index is 0.167. The van der Waals surface area contributed by atoms with Gasteiger partial charge in [0, 0.05) is 32.6 Å². The molecule has 0 atom stereocenters. The second-order valence-corrected chi connectivity index (χ2v) is 4.97. The molecule has 1 aliphatic rings. The van der Waals surface area contributed by atoms with Crippen LogP contribution in [0.2, 0.25) is 0 Å². The van der Waals surface area contributed by atoms with Crippen LogP contribution in [0.4, 0.5) is 0 Å². The number of hydrogen-bond acceptors (Lipinski definition) is 3. The fraction of sp³-hybridized carbons (Fsp3) is 0.467. The van der Waals surface area contributed by atoms with Gasteiger partial charge in [-0.2, -0.15) is 5.26 Å². The van der Waals surface area contributed by atoms with E-state index in [4.69, 9.17) is 5.26 Å². The lowest BCUT2D eigenvalue weighted by Crippen LogP contribution is -2.43. The summed E-state index contributed by atoms with van der Waals surface area (Å²) in [6, 6.07) is 10.3. The van der Waals surface area contributed by atoms with Crippen molar-refractivity contribution in [2.45, 2.75) is 32.4 Å². The van der Waals surface area contributed by atoms with Crippen molar-refractivity contribution >= 4 is 5.91 Å². The number of carbonyl (C=O) groups is 1. The van der Waals surface area contributed by atoms with Crippen molar-refractivity contribution in [3.63, 3.8) is 0 Å². The third-order valence-electron chi connectivity index (χ3n) is 3.59. The minimum atomic E-state index is 0.167. The molecule has 4 heteroatoms. The molecule has 19 heavy (non-hydrogen) atoms. The second kappa shape index (κ2) is 6.35. The molecule has 0 bridgehead atoms. The monoisotopic (exact) mass is 257 g/mol. The summed E-state index contributed by atoms with van der Waals surface area (Å²) in [5, 5.41) is 12.4. The van der Waals surface area contributed by atoms with Crippen molar-refractivity contribution < 1.29 is 4.79 Å². The summed E-state index contributed by atoms with van der Waals surface area (Å²) in [6.45, 7) is 4.08. The number of hydrogen-bond donors (Lipinski definition) is 1. The van der Waals surface area contributed by atoms with Crippen LogP contribution in [-0.4, -0.2) is 29.9 Å². The molecule has 1 amide bonds. The number of nitriles is 1. The Morgan fingerprint density at radius 2 is 2.21 bits per heavy atom. The van der Waals surface area contributed by atoms with Crippen LogP contribution >= 0.6 is 0 Å². The molecule has 1 fully saturated rings. The molecule has 100 valence electrons. The average molecular weight is 257 g/mol. The molecule has 0 radical (unpaired) electrons. The van der Waals surface area contributed by atoms with Gasteiger partial charge in [0.15, 0.2) is 0 Å². The minimum Gasteiger partial charge on any atom is -0.343 e. The number of rotatable bonds is 3. The van der Waals surface area contributed by atoms with E-state index in [1.165, 1.54) is 0 Å². The molecule has 0 saturated carbocycles. The highest BCUT2D eigenvalue weighted by Crippen LogP contribution is 2.11. The van der Waals surface area contributed by atoms with Gasteiger partial charge in [0.25, 0.3) is 0 Å². The number of nitrogens with one attached hydrogen (secondary N) is 1. The van der Waals surface area contributed by atoms with Gasteiger partial charge in [-0.05, 0) is 30.5 Å². The number of piperidine rings is 1. The first-order valence-electron chi connectivity index (χ1n) is 6.67. The first kappa shape index (κ1) is 13.6. The van der Waals surface area contributed by atoms with Crippen LogP contribution in [0.3, 0.4) is 0 Å². The maximum atomic E-state index is 11.2. The lowest BCUT2D eigenvalue weighted by Gasteiger charge is -2.31. The van der Waals surface area contributed by atoms with Crippen molar-refractivity contribution in [3.8, 4) is 6.07 Å². The number of amides is 1. The Bertz CT molecular complexity index is 484. The van der Waals surface area contributed by atoms with Crippen LogP contribution in [0.1, 0.15) is 30.9 Å². The molecular formula is C15H19N3O. The first-order chi connectivity index (χ1) is 9.19. The summed E-state index contributed by atoms with van der Waals surface area (Å²) < 4.78 is 0. The number of benzene rings is 1. The Morgan fingerprint density at radius 3 is 2.84 bits per heavy atom. The van der Waals surface area contributed by atoms with E-state index in [9.17, 15) is 4.79 Å². The van der Waals surface area contributed by atoms with Crippen molar-refractivity contribution in [2.75, 3.05) is 13.1 Å². The van der Waals surface area contributed by atoms with Crippen molar-refractivity contribution in [2.24, 2.45) is 0 Å². The van der Waals surface area contributed by atoms with Gasteiger partial charge >= 0.3 is 0 Å². The summed E-state index contributed by atoms with van der Waals surface area (Å²) in [6.07, 6.45) is 2.00. The maximum Gasteiger partial charge on any atom is 0.219 e. The molecule has 1 aromatic carbocycles. The Balaban J connectivity index is 1.80. The molecule has 4 nitrogen and oxygen atoms in total. The Hall–Kier alpha value is -1.86. The highest BCUT2D eigenvalue weighted by molar-refractivity contribution is 5.73. The summed E-state index contributed by atoms with van der Waals surface area (Å²) in [5.41, 5.74) is 1.83. The van der Waals surface area contributed by atoms with E-state index in [1.54, 1.807) is 6.92 Å². The molecule has 0 aromatic heterocycles. The van der Waals surface area contributed by atoms with E-state index in [-0.39, 0.29) is 5.91 Å². The molecule has 1 N–H and O–H groups in total. The number of nitrogens with zero attached hydrogens (tertiary/aromatic N) is 2. The maximum absolute atomic E-state index is 11.2. The van der Waals surface area contributed by atoms with E-state index >= 15 is 0 Å². The summed E-state index contributed by atoms with van der Waals surface area (Å²) in [7, 11) is 0. The predicted molar refractivity (Wildman–Crippen MR) is 73.3 cm³/mol. The zero-order valence-corrected chi connectivity index (χ0v) is 11.2. The third-order valence-corrected chi connectivity index (χ3v) is 3.59. The Morgan fingerprint density at radius 1 is 1.47 bits per heavy atom. The van der Waals surface area contributed by atoms with Gasteiger partial charge in [0.05, 0.1) is 11.6 Å². The zero-order chi connectivity index (χ0) is 13.7. The fourth-order valence-corrected chi connectivity index (χ4v) is 2.41. The van der Waals surface area contributed by atoms with Gasteiger partial charge < -0.3 is 10.2 Å². The van der Waals surface area contributed by atoms with E-state index in [0.717, 1.165) is 38.0 Å². The van der Waals surface area contributed by atoms with Crippen LogP contribution in [-0.2, 0) is 11.3 Å². The average Bonchev–Trinajstić information content (AvgIpc) is 2.46. The molecule has 0 unspecified atom stereocenters. The highest BCUT2D eigenvalue weighted by atomic mass is 16.2. The van der Waals surface area contributed by atoms with E-state index in [0.29, 0.717) is 11.6 Å². The van der Waals surface area contributed by atoms with Crippen LogP contribution in [0, 0.1) is 11.3 Å². The van der Waals surface area contributed by atoms with Gasteiger partial charge in [0.1, 0.15) is 0 Å². The third kappa shape index (κ3) is 3.80. The highest BCUT2D eigenvalue weighted by Gasteiger charge is 2.19. The smallest absolute Gasteiger partial charge is 0.219 e. The lowest BCUT2D eigenvalue weighted by atomic mass is 10.0. The molecule has 0 aliphatic carbocycles. The van der Waals surface area contributed by atoms with Gasteiger partial charge in [-0.15, -0.1) is 0 Å². The normalized spacial score (nSPS) is 16.1. The van der Waals surface area contributed by atoms with E-state index in [1.807, 2.05) is 29.2 Å². The standard InChI is InChI=1S/C15H19N3O/c1-12(19)18-7-5-15(6-8-18)17-11-14-4-2-3-13(9-14)10-16/h2-4,9,15,17H,5-8,11H2,1H3. The van der Waals surface area contributed by atoms with Crippen LogP contribution < -0.4 is 5.32 Å². The van der Waals surface area contributed by atoms with Gasteiger partial charge in [-0.1, -0.05) is 12.1 Å². The molecule has 0 spiro atoms. The quantitative estimate of drug-likeness (QED) is 0.896. The van der Waals surface area contributed by atoms with Crippen LogP contribution in [0.15, 0.2) is 24.3 Å². The fourth-order valence-electron chi connectivity index (χ4n) is 2.41. The molecule has 2 rings (SSSR count). The van der Waals surface area contributed by atoms with Crippen LogP contribution in [0.25, 0.3) is 0 Å². The van der Waals surface area contributed by atoms with Gasteiger partial charge in [-0.3, -0.25) is 4.79 Å². The van der Waals surface area contributed by atoms with Crippen molar-refractivity contribution in [3.05, 3.63) is 35.4 Å². The Labute approximate surface area is 114 Å². The molecule has 1 aromatic rings. The molecule has 1 saturated heterocycles. The van der Waals surface area contributed by atoms with Gasteiger partial charge in [-0.25, -0.2) is 0 Å². The largest absolute Gasteiger partial charge is 0.343 e. The summed E-state index contributed by atoms with van der Waals surface area (Å²) in [5.74, 6) is 0.167. The SMILES string of the molecule is CC(=O)N1CCC(NCc2cccc(C#N)c2)CC1. The summed E-state index contributed by atoms with van der Waals surface area (Å²) >= 11 is 0. The number of likely N-dealkylation sites (tertiary alicyclic amines) is 1. The Kier molecular flexibility index (Phi) is 4.53. The molecule has 1 aliphatic heterocycles. The van der Waals surface area contributed by atoms with Gasteiger partial charge in [0.2, 0.25) is 5.91 Å². The van der Waals surface area contributed by atoms with E-state index in [2.05, 4.69) is 11.4 Å². The molecule has 1 heterocycles. The van der Waals surface area contributed by atoms with Crippen molar-refractivity contribution in [1.82, 2.24) is 10.2 Å². The molecular weight excluding hydrogens is 238 g/mol. The van der Waals surface area contributed by atoms with Crippen LogP contribution in [0.5, 0.6) is 0 Å².